The van der Waals surface area contributed by atoms with Crippen molar-refractivity contribution >= 4 is 5.91 Å². The Labute approximate surface area is 102 Å². The van der Waals surface area contributed by atoms with Gasteiger partial charge in [-0.05, 0) is 25.0 Å². The zero-order valence-corrected chi connectivity index (χ0v) is 10.4. The maximum absolute atomic E-state index is 11.2. The van der Waals surface area contributed by atoms with E-state index in [0.717, 1.165) is 12.8 Å². The third-order valence-electron chi connectivity index (χ3n) is 2.11. The second-order valence-electron chi connectivity index (χ2n) is 3.75. The summed E-state index contributed by atoms with van der Waals surface area (Å²) in [7, 11) is 0. The lowest BCUT2D eigenvalue weighted by molar-refractivity contribution is 0.0999. The lowest BCUT2D eigenvalue weighted by Gasteiger charge is -2.10. The van der Waals surface area contributed by atoms with Crippen LogP contribution in [0.3, 0.4) is 0 Å². The fourth-order valence-electron chi connectivity index (χ4n) is 1.32. The minimum Gasteiger partial charge on any atom is -0.493 e. The van der Waals surface area contributed by atoms with Crippen molar-refractivity contribution < 1.29 is 14.3 Å². The Morgan fingerprint density at radius 2 is 1.53 bits per heavy atom. The molecular weight excluding hydrogens is 218 g/mol. The number of nitrogens with two attached hydrogens (primary N) is 1. The van der Waals surface area contributed by atoms with Gasteiger partial charge in [0.05, 0.1) is 13.2 Å². The number of carbonyl (C=O) groups excluding carboxylic acids is 1. The number of hydrogen-bond donors (Lipinski definition) is 1. The Morgan fingerprint density at radius 3 is 1.88 bits per heavy atom. The van der Waals surface area contributed by atoms with Crippen molar-refractivity contribution in [2.75, 3.05) is 13.2 Å². The Balaban J connectivity index is 2.88. The molecule has 0 bridgehead atoms. The molecule has 2 N–H and O–H groups in total. The van der Waals surface area contributed by atoms with Gasteiger partial charge in [-0.25, -0.2) is 0 Å². The van der Waals surface area contributed by atoms with Crippen LogP contribution < -0.4 is 15.2 Å². The molecule has 0 aromatic heterocycles. The maximum Gasteiger partial charge on any atom is 0.248 e. The van der Waals surface area contributed by atoms with E-state index < -0.39 is 5.91 Å². The Hall–Kier alpha value is -1.71. The first-order chi connectivity index (χ1) is 8.17. The second-order valence-corrected chi connectivity index (χ2v) is 3.75. The Morgan fingerprint density at radius 1 is 1.06 bits per heavy atom. The molecule has 0 heterocycles. The van der Waals surface area contributed by atoms with E-state index >= 15 is 0 Å². The van der Waals surface area contributed by atoms with Gasteiger partial charge in [0.15, 0.2) is 0 Å². The molecule has 1 aromatic carbocycles. The van der Waals surface area contributed by atoms with Gasteiger partial charge in [0.2, 0.25) is 5.91 Å². The lowest BCUT2D eigenvalue weighted by atomic mass is 10.2. The highest BCUT2D eigenvalue weighted by atomic mass is 16.5. The summed E-state index contributed by atoms with van der Waals surface area (Å²) in [5, 5.41) is 0. The molecule has 4 nitrogen and oxygen atoms in total. The predicted molar refractivity (Wildman–Crippen MR) is 66.5 cm³/mol. The molecule has 0 saturated heterocycles. The fraction of sp³-hybridized carbons (Fsp3) is 0.462. The molecule has 0 aliphatic heterocycles. The minimum absolute atomic E-state index is 0.407. The lowest BCUT2D eigenvalue weighted by Crippen LogP contribution is -2.11. The molecule has 0 atom stereocenters. The normalized spacial score (nSPS) is 10.0. The standard InChI is InChI=1S/C13H19NO3/c1-3-5-16-11-7-10(13(14)15)8-12(9-11)17-6-4-2/h7-9H,3-6H2,1-2H3,(H2,14,15). The van der Waals surface area contributed by atoms with E-state index in [9.17, 15) is 4.79 Å². The third-order valence-corrected chi connectivity index (χ3v) is 2.11. The topological polar surface area (TPSA) is 61.6 Å². The zero-order chi connectivity index (χ0) is 12.7. The Bertz CT molecular complexity index is 351. The molecule has 4 heteroatoms. The molecule has 0 unspecified atom stereocenters. The smallest absolute Gasteiger partial charge is 0.248 e. The van der Waals surface area contributed by atoms with Crippen LogP contribution in [0.1, 0.15) is 37.0 Å². The molecule has 1 amide bonds. The van der Waals surface area contributed by atoms with Crippen molar-refractivity contribution in [2.24, 2.45) is 5.73 Å². The van der Waals surface area contributed by atoms with Crippen molar-refractivity contribution in [3.63, 3.8) is 0 Å². The van der Waals surface area contributed by atoms with E-state index in [1.54, 1.807) is 18.2 Å². The van der Waals surface area contributed by atoms with Crippen molar-refractivity contribution in [1.82, 2.24) is 0 Å². The van der Waals surface area contributed by atoms with E-state index in [-0.39, 0.29) is 0 Å². The van der Waals surface area contributed by atoms with Crippen LogP contribution in [-0.4, -0.2) is 19.1 Å². The van der Waals surface area contributed by atoms with Crippen LogP contribution in [0.15, 0.2) is 18.2 Å². The third kappa shape index (κ3) is 4.34. The van der Waals surface area contributed by atoms with E-state index in [1.165, 1.54) is 0 Å². The first-order valence-electron chi connectivity index (χ1n) is 5.87. The van der Waals surface area contributed by atoms with E-state index in [1.807, 2.05) is 13.8 Å². The van der Waals surface area contributed by atoms with Crippen molar-refractivity contribution in [3.05, 3.63) is 23.8 Å². The average molecular weight is 237 g/mol. The number of hydrogen-bond acceptors (Lipinski definition) is 3. The van der Waals surface area contributed by atoms with Gasteiger partial charge >= 0.3 is 0 Å². The van der Waals surface area contributed by atoms with Gasteiger partial charge in [-0.15, -0.1) is 0 Å². The van der Waals surface area contributed by atoms with Gasteiger partial charge in [-0.2, -0.15) is 0 Å². The Kier molecular flexibility index (Phi) is 5.33. The van der Waals surface area contributed by atoms with Gasteiger partial charge in [-0.1, -0.05) is 13.8 Å². The fourth-order valence-corrected chi connectivity index (χ4v) is 1.32. The molecule has 0 spiro atoms. The largest absolute Gasteiger partial charge is 0.493 e. The van der Waals surface area contributed by atoms with E-state index in [2.05, 4.69) is 0 Å². The molecule has 0 fully saturated rings. The molecule has 1 rings (SSSR count). The first kappa shape index (κ1) is 13.4. The number of carbonyl (C=O) groups is 1. The minimum atomic E-state index is -0.478. The van der Waals surface area contributed by atoms with Crippen LogP contribution in [0.25, 0.3) is 0 Å². The van der Waals surface area contributed by atoms with Gasteiger partial charge in [0.1, 0.15) is 11.5 Å². The van der Waals surface area contributed by atoms with E-state index in [4.69, 9.17) is 15.2 Å². The number of rotatable bonds is 7. The summed E-state index contributed by atoms with van der Waals surface area (Å²) in [4.78, 5) is 11.2. The molecular formula is C13H19NO3. The molecule has 1 aromatic rings. The van der Waals surface area contributed by atoms with Crippen LogP contribution in [0.5, 0.6) is 11.5 Å². The number of primary amides is 1. The quantitative estimate of drug-likeness (QED) is 0.791. The maximum atomic E-state index is 11.2. The summed E-state index contributed by atoms with van der Waals surface area (Å²) in [6.07, 6.45) is 1.82. The van der Waals surface area contributed by atoms with Crippen LogP contribution in [0, 0.1) is 0 Å². The zero-order valence-electron chi connectivity index (χ0n) is 10.4. The summed E-state index contributed by atoms with van der Waals surface area (Å²) in [6.45, 7) is 5.25. The molecule has 0 saturated carbocycles. The molecule has 0 radical (unpaired) electrons. The second kappa shape index (κ2) is 6.78. The summed E-state index contributed by atoms with van der Waals surface area (Å²) < 4.78 is 11.0. The van der Waals surface area contributed by atoms with E-state index in [0.29, 0.717) is 30.3 Å². The van der Waals surface area contributed by atoms with Gasteiger partial charge < -0.3 is 15.2 Å². The molecule has 17 heavy (non-hydrogen) atoms. The van der Waals surface area contributed by atoms with Crippen LogP contribution in [0.2, 0.25) is 0 Å². The summed E-state index contributed by atoms with van der Waals surface area (Å²) in [6, 6.07) is 5.05. The highest BCUT2D eigenvalue weighted by molar-refractivity contribution is 5.93. The molecule has 0 aliphatic rings. The summed E-state index contributed by atoms with van der Waals surface area (Å²) >= 11 is 0. The highest BCUT2D eigenvalue weighted by Crippen LogP contribution is 2.23. The predicted octanol–water partition coefficient (Wildman–Crippen LogP) is 2.36. The van der Waals surface area contributed by atoms with Crippen molar-refractivity contribution in [2.45, 2.75) is 26.7 Å². The summed E-state index contributed by atoms with van der Waals surface area (Å²) in [5.41, 5.74) is 5.67. The van der Waals surface area contributed by atoms with Crippen LogP contribution in [-0.2, 0) is 0 Å². The average Bonchev–Trinajstić information content (AvgIpc) is 2.33. The monoisotopic (exact) mass is 237 g/mol. The van der Waals surface area contributed by atoms with Crippen LogP contribution in [0.4, 0.5) is 0 Å². The van der Waals surface area contributed by atoms with Crippen LogP contribution >= 0.6 is 0 Å². The highest BCUT2D eigenvalue weighted by Gasteiger charge is 2.07. The summed E-state index contributed by atoms with van der Waals surface area (Å²) in [5.74, 6) is 0.761. The number of ether oxygens (including phenoxy) is 2. The van der Waals surface area contributed by atoms with Gasteiger partial charge in [0.25, 0.3) is 0 Å². The molecule has 94 valence electrons. The number of benzene rings is 1. The van der Waals surface area contributed by atoms with Gasteiger partial charge in [0, 0.05) is 11.6 Å². The van der Waals surface area contributed by atoms with Gasteiger partial charge in [-0.3, -0.25) is 4.79 Å². The number of amides is 1. The van der Waals surface area contributed by atoms with Crippen molar-refractivity contribution in [3.8, 4) is 11.5 Å². The first-order valence-corrected chi connectivity index (χ1v) is 5.87. The molecule has 0 aliphatic carbocycles. The van der Waals surface area contributed by atoms with Crippen molar-refractivity contribution in [1.29, 1.82) is 0 Å². The SMILES string of the molecule is CCCOc1cc(OCCC)cc(C(N)=O)c1.